The first-order chi connectivity index (χ1) is 7.66. The summed E-state index contributed by atoms with van der Waals surface area (Å²) in [6.07, 6.45) is 8.12. The third-order valence-corrected chi connectivity index (χ3v) is 4.52. The average Bonchev–Trinajstić information content (AvgIpc) is 2.25. The number of allylic oxidation sites excluding steroid dienone is 2. The van der Waals surface area contributed by atoms with Crippen molar-refractivity contribution < 1.29 is 0 Å². The van der Waals surface area contributed by atoms with Gasteiger partial charge in [-0.05, 0) is 57.0 Å². The lowest BCUT2D eigenvalue weighted by atomic mass is 9.74. The van der Waals surface area contributed by atoms with Crippen LogP contribution in [0.4, 0.5) is 0 Å². The number of rotatable bonds is 2. The van der Waals surface area contributed by atoms with Crippen molar-refractivity contribution in [3.63, 3.8) is 0 Å². The molecule has 0 radical (unpaired) electrons. The van der Waals surface area contributed by atoms with E-state index in [1.165, 1.54) is 45.3 Å². The van der Waals surface area contributed by atoms with E-state index < -0.39 is 0 Å². The van der Waals surface area contributed by atoms with Crippen LogP contribution in [0.2, 0.25) is 0 Å². The second-order valence-electron chi connectivity index (χ2n) is 6.08. The minimum Gasteiger partial charge on any atom is -0.303 e. The Morgan fingerprint density at radius 3 is 2.50 bits per heavy atom. The molecule has 1 aliphatic heterocycles. The van der Waals surface area contributed by atoms with E-state index >= 15 is 0 Å². The number of piperidine rings is 1. The molecular formula is C15H27N. The Bertz CT molecular complexity index is 250. The summed E-state index contributed by atoms with van der Waals surface area (Å²) in [5, 5.41) is 0. The minimum absolute atomic E-state index is 0.783. The largest absolute Gasteiger partial charge is 0.303 e. The summed E-state index contributed by atoms with van der Waals surface area (Å²) in [5.74, 6) is 2.55. The highest BCUT2D eigenvalue weighted by Crippen LogP contribution is 2.34. The van der Waals surface area contributed by atoms with Gasteiger partial charge < -0.3 is 4.90 Å². The molecule has 0 N–H and O–H groups in total. The Balaban J connectivity index is 1.92. The molecule has 16 heavy (non-hydrogen) atoms. The molecule has 0 unspecified atom stereocenters. The molecule has 1 nitrogen and oxygen atoms in total. The van der Waals surface area contributed by atoms with E-state index in [4.69, 9.17) is 0 Å². The highest BCUT2D eigenvalue weighted by atomic mass is 15.1. The van der Waals surface area contributed by atoms with Crippen molar-refractivity contribution in [2.24, 2.45) is 17.8 Å². The molecule has 0 spiro atoms. The summed E-state index contributed by atoms with van der Waals surface area (Å²) in [7, 11) is 0. The fraction of sp³-hybridized carbons (Fsp3) is 0.867. The maximum Gasteiger partial charge on any atom is 0.00178 e. The van der Waals surface area contributed by atoms with Crippen molar-refractivity contribution in [2.45, 2.75) is 46.5 Å². The van der Waals surface area contributed by atoms with Crippen molar-refractivity contribution >= 4 is 0 Å². The van der Waals surface area contributed by atoms with E-state index in [1.807, 2.05) is 0 Å². The van der Waals surface area contributed by atoms with E-state index in [2.05, 4.69) is 31.7 Å². The van der Waals surface area contributed by atoms with Crippen LogP contribution in [0.3, 0.4) is 0 Å². The van der Waals surface area contributed by atoms with Gasteiger partial charge in [-0.25, -0.2) is 0 Å². The van der Waals surface area contributed by atoms with E-state index in [1.54, 1.807) is 5.57 Å². The van der Waals surface area contributed by atoms with Crippen LogP contribution in [0.25, 0.3) is 0 Å². The van der Waals surface area contributed by atoms with Gasteiger partial charge in [0, 0.05) is 6.54 Å². The molecule has 0 amide bonds. The maximum atomic E-state index is 2.70. The molecule has 1 saturated heterocycles. The molecule has 0 aromatic carbocycles. The molecule has 2 rings (SSSR count). The third kappa shape index (κ3) is 2.88. The van der Waals surface area contributed by atoms with Gasteiger partial charge in [0.15, 0.2) is 0 Å². The maximum absolute atomic E-state index is 2.70. The van der Waals surface area contributed by atoms with Gasteiger partial charge in [0.2, 0.25) is 0 Å². The van der Waals surface area contributed by atoms with Crippen molar-refractivity contribution in [1.82, 2.24) is 4.90 Å². The van der Waals surface area contributed by atoms with Crippen LogP contribution in [-0.4, -0.2) is 24.5 Å². The lowest BCUT2D eigenvalue weighted by Gasteiger charge is -2.38. The summed E-state index contributed by atoms with van der Waals surface area (Å²) in [5.41, 5.74) is 1.61. The first kappa shape index (κ1) is 12.2. The lowest BCUT2D eigenvalue weighted by Crippen LogP contribution is -2.39. The molecule has 0 aromatic heterocycles. The molecule has 0 saturated carbocycles. The standard InChI is InChI=1S/C15H27N/c1-12-9-13(2)15(14(3)10-12)11-16-7-5-4-6-8-16/h9,13-15H,4-8,10-11H2,1-3H3/t13-,14+,15+/m1/s1. The van der Waals surface area contributed by atoms with Gasteiger partial charge in [0.05, 0.1) is 0 Å². The Labute approximate surface area is 101 Å². The Hall–Kier alpha value is -0.300. The lowest BCUT2D eigenvalue weighted by molar-refractivity contribution is 0.141. The molecule has 3 atom stereocenters. The number of nitrogens with zero attached hydrogens (tertiary/aromatic N) is 1. The summed E-state index contributed by atoms with van der Waals surface area (Å²) >= 11 is 0. The minimum atomic E-state index is 0.783. The van der Waals surface area contributed by atoms with Gasteiger partial charge in [-0.3, -0.25) is 0 Å². The van der Waals surface area contributed by atoms with Crippen LogP contribution in [0.5, 0.6) is 0 Å². The molecule has 92 valence electrons. The number of hydrogen-bond donors (Lipinski definition) is 0. The Kier molecular flexibility index (Phi) is 4.07. The van der Waals surface area contributed by atoms with Gasteiger partial charge in [-0.15, -0.1) is 0 Å². The van der Waals surface area contributed by atoms with E-state index in [0.29, 0.717) is 0 Å². The van der Waals surface area contributed by atoms with E-state index in [0.717, 1.165) is 17.8 Å². The molecule has 1 heteroatoms. The van der Waals surface area contributed by atoms with Crippen LogP contribution in [0.15, 0.2) is 11.6 Å². The zero-order chi connectivity index (χ0) is 11.5. The monoisotopic (exact) mass is 221 g/mol. The van der Waals surface area contributed by atoms with E-state index in [-0.39, 0.29) is 0 Å². The van der Waals surface area contributed by atoms with Crippen LogP contribution in [0.1, 0.15) is 46.5 Å². The van der Waals surface area contributed by atoms with Crippen molar-refractivity contribution in [2.75, 3.05) is 19.6 Å². The number of hydrogen-bond acceptors (Lipinski definition) is 1. The molecular weight excluding hydrogens is 194 g/mol. The van der Waals surface area contributed by atoms with Gasteiger partial charge >= 0.3 is 0 Å². The van der Waals surface area contributed by atoms with Gasteiger partial charge in [0.25, 0.3) is 0 Å². The molecule has 0 aromatic rings. The molecule has 1 fully saturated rings. The first-order valence-electron chi connectivity index (χ1n) is 7.06. The van der Waals surface area contributed by atoms with Crippen LogP contribution >= 0.6 is 0 Å². The fourth-order valence-corrected chi connectivity index (χ4v) is 3.60. The second-order valence-corrected chi connectivity index (χ2v) is 6.08. The smallest absolute Gasteiger partial charge is 0.00178 e. The fourth-order valence-electron chi connectivity index (χ4n) is 3.60. The quantitative estimate of drug-likeness (QED) is 0.643. The summed E-state index contributed by atoms with van der Waals surface area (Å²) in [4.78, 5) is 2.70. The predicted octanol–water partition coefficient (Wildman–Crippen LogP) is 3.71. The summed E-state index contributed by atoms with van der Waals surface area (Å²) in [6.45, 7) is 11.2. The SMILES string of the molecule is CC1=C[C@@H](C)[C@H](CN2CCCCC2)[C@@H](C)C1. The zero-order valence-electron chi connectivity index (χ0n) is 11.2. The van der Waals surface area contributed by atoms with E-state index in [9.17, 15) is 0 Å². The van der Waals surface area contributed by atoms with Gasteiger partial charge in [0.1, 0.15) is 0 Å². The topological polar surface area (TPSA) is 3.24 Å². The third-order valence-electron chi connectivity index (χ3n) is 4.52. The van der Waals surface area contributed by atoms with Crippen LogP contribution in [0, 0.1) is 17.8 Å². The average molecular weight is 221 g/mol. The van der Waals surface area contributed by atoms with Gasteiger partial charge in [-0.2, -0.15) is 0 Å². The Morgan fingerprint density at radius 1 is 1.19 bits per heavy atom. The zero-order valence-corrected chi connectivity index (χ0v) is 11.2. The molecule has 0 bridgehead atoms. The van der Waals surface area contributed by atoms with Crippen molar-refractivity contribution in [3.8, 4) is 0 Å². The highest BCUT2D eigenvalue weighted by molar-refractivity contribution is 5.08. The molecule has 2 aliphatic rings. The highest BCUT2D eigenvalue weighted by Gasteiger charge is 2.28. The summed E-state index contributed by atoms with van der Waals surface area (Å²) < 4.78 is 0. The molecule has 1 aliphatic carbocycles. The second kappa shape index (κ2) is 5.35. The van der Waals surface area contributed by atoms with Crippen molar-refractivity contribution in [1.29, 1.82) is 0 Å². The predicted molar refractivity (Wildman–Crippen MR) is 70.5 cm³/mol. The molecule has 1 heterocycles. The van der Waals surface area contributed by atoms with Crippen molar-refractivity contribution in [3.05, 3.63) is 11.6 Å². The van der Waals surface area contributed by atoms with Crippen LogP contribution in [-0.2, 0) is 0 Å². The summed E-state index contributed by atoms with van der Waals surface area (Å²) in [6, 6.07) is 0. The van der Waals surface area contributed by atoms with Crippen LogP contribution < -0.4 is 0 Å². The first-order valence-corrected chi connectivity index (χ1v) is 7.06. The number of likely N-dealkylation sites (tertiary alicyclic amines) is 1. The normalized spacial score (nSPS) is 37.2. The van der Waals surface area contributed by atoms with Gasteiger partial charge in [-0.1, -0.05) is 31.9 Å². The Morgan fingerprint density at radius 2 is 1.88 bits per heavy atom.